The van der Waals surface area contributed by atoms with E-state index in [0.29, 0.717) is 17.9 Å². The second-order valence-electron chi connectivity index (χ2n) is 8.36. The highest BCUT2D eigenvalue weighted by Gasteiger charge is 2.13. The number of hydrogen-bond donors (Lipinski definition) is 2. The van der Waals surface area contributed by atoms with Crippen molar-refractivity contribution in [3.8, 4) is 5.75 Å². The third kappa shape index (κ3) is 6.71. The number of rotatable bonds is 7. The van der Waals surface area contributed by atoms with Crippen LogP contribution in [0.1, 0.15) is 42.3 Å². The van der Waals surface area contributed by atoms with Gasteiger partial charge in [0.05, 0.1) is 0 Å². The predicted molar refractivity (Wildman–Crippen MR) is 123 cm³/mol. The Bertz CT molecular complexity index is 1020. The quantitative estimate of drug-likeness (QED) is 0.574. The summed E-state index contributed by atoms with van der Waals surface area (Å²) in [6.45, 7) is 6.73. The first kappa shape index (κ1) is 22.1. The number of carbonyl (C=O) groups excluding carboxylic acids is 2. The number of amides is 2. The molecule has 0 aliphatic heterocycles. The normalized spacial score (nSPS) is 10.9. The van der Waals surface area contributed by atoms with E-state index in [-0.39, 0.29) is 23.8 Å². The first-order valence-electron chi connectivity index (χ1n) is 10.3. The van der Waals surface area contributed by atoms with Crippen molar-refractivity contribution >= 4 is 17.5 Å². The van der Waals surface area contributed by atoms with Gasteiger partial charge < -0.3 is 15.4 Å². The number of benzene rings is 3. The van der Waals surface area contributed by atoms with Crippen molar-refractivity contribution < 1.29 is 14.3 Å². The summed E-state index contributed by atoms with van der Waals surface area (Å²) >= 11 is 0. The fraction of sp³-hybridized carbons (Fsp3) is 0.231. The Labute approximate surface area is 183 Å². The highest BCUT2D eigenvalue weighted by molar-refractivity contribution is 5.94. The summed E-state index contributed by atoms with van der Waals surface area (Å²) in [5.41, 5.74) is 3.48. The lowest BCUT2D eigenvalue weighted by molar-refractivity contribution is -0.118. The molecule has 0 aliphatic carbocycles. The van der Waals surface area contributed by atoms with Gasteiger partial charge in [0.1, 0.15) is 5.75 Å². The molecule has 0 aromatic heterocycles. The maximum Gasteiger partial charge on any atom is 0.262 e. The summed E-state index contributed by atoms with van der Waals surface area (Å²) in [7, 11) is 0. The van der Waals surface area contributed by atoms with Gasteiger partial charge in [-0.15, -0.1) is 0 Å². The van der Waals surface area contributed by atoms with Crippen LogP contribution in [-0.2, 0) is 16.8 Å². The zero-order chi connectivity index (χ0) is 22.3. The maximum absolute atomic E-state index is 12.4. The van der Waals surface area contributed by atoms with Gasteiger partial charge in [-0.1, -0.05) is 69.3 Å². The molecule has 0 atom stereocenters. The summed E-state index contributed by atoms with van der Waals surface area (Å²) in [5.74, 6) is 0.00530. The molecule has 3 rings (SSSR count). The third-order valence-electron chi connectivity index (χ3n) is 4.80. The molecule has 0 unspecified atom stereocenters. The number of nitrogens with one attached hydrogen (secondary N) is 2. The molecular formula is C26H28N2O3. The molecule has 5 nitrogen and oxygen atoms in total. The lowest BCUT2D eigenvalue weighted by atomic mass is 9.87. The Hall–Kier alpha value is -3.60. The number of carbonyl (C=O) groups is 2. The van der Waals surface area contributed by atoms with Crippen LogP contribution in [-0.4, -0.2) is 18.4 Å². The van der Waals surface area contributed by atoms with Crippen molar-refractivity contribution in [2.75, 3.05) is 11.9 Å². The largest absolute Gasteiger partial charge is 0.484 e. The SMILES string of the molecule is CC(C)(C)c1ccc(NC(=O)COc2cccc(C(=O)NCc3ccccc3)c2)cc1. The molecule has 2 N–H and O–H groups in total. The average molecular weight is 417 g/mol. The molecule has 0 saturated heterocycles. The molecular weight excluding hydrogens is 388 g/mol. The van der Waals surface area contributed by atoms with E-state index in [1.807, 2.05) is 54.6 Å². The Balaban J connectivity index is 1.51. The Morgan fingerprint density at radius 2 is 1.58 bits per heavy atom. The van der Waals surface area contributed by atoms with Crippen LogP contribution < -0.4 is 15.4 Å². The van der Waals surface area contributed by atoms with E-state index in [4.69, 9.17) is 4.74 Å². The topological polar surface area (TPSA) is 67.4 Å². The molecule has 0 fully saturated rings. The van der Waals surface area contributed by atoms with Crippen LogP contribution in [0.15, 0.2) is 78.9 Å². The summed E-state index contributed by atoms with van der Waals surface area (Å²) in [6, 6.07) is 24.3. The molecule has 31 heavy (non-hydrogen) atoms. The van der Waals surface area contributed by atoms with Crippen LogP contribution in [0.5, 0.6) is 5.75 Å². The van der Waals surface area contributed by atoms with Crippen LogP contribution >= 0.6 is 0 Å². The van der Waals surface area contributed by atoms with Crippen LogP contribution in [0.25, 0.3) is 0 Å². The fourth-order valence-electron chi connectivity index (χ4n) is 3.01. The Kier molecular flexibility index (Phi) is 7.08. The summed E-state index contributed by atoms with van der Waals surface area (Å²) in [6.07, 6.45) is 0. The number of ether oxygens (including phenoxy) is 1. The van der Waals surface area contributed by atoms with Gasteiger partial charge >= 0.3 is 0 Å². The minimum absolute atomic E-state index is 0.0596. The molecule has 0 saturated carbocycles. The van der Waals surface area contributed by atoms with E-state index in [2.05, 4.69) is 31.4 Å². The summed E-state index contributed by atoms with van der Waals surface area (Å²) in [4.78, 5) is 24.6. The van der Waals surface area contributed by atoms with E-state index >= 15 is 0 Å². The summed E-state index contributed by atoms with van der Waals surface area (Å²) in [5, 5.41) is 5.70. The van der Waals surface area contributed by atoms with Crippen molar-refractivity contribution in [2.45, 2.75) is 32.7 Å². The standard InChI is InChI=1S/C26H28N2O3/c1-26(2,3)21-12-14-22(15-13-21)28-24(29)18-31-23-11-7-10-20(16-23)25(30)27-17-19-8-5-4-6-9-19/h4-16H,17-18H2,1-3H3,(H,27,30)(H,28,29). The molecule has 0 spiro atoms. The lowest BCUT2D eigenvalue weighted by Crippen LogP contribution is -2.23. The van der Waals surface area contributed by atoms with Crippen molar-refractivity contribution in [3.63, 3.8) is 0 Å². The predicted octanol–water partition coefficient (Wildman–Crippen LogP) is 4.93. The van der Waals surface area contributed by atoms with Crippen molar-refractivity contribution in [1.29, 1.82) is 0 Å². The van der Waals surface area contributed by atoms with Crippen LogP contribution in [0.2, 0.25) is 0 Å². The first-order valence-corrected chi connectivity index (χ1v) is 10.3. The Morgan fingerprint density at radius 1 is 0.871 bits per heavy atom. The monoisotopic (exact) mass is 416 g/mol. The fourth-order valence-corrected chi connectivity index (χ4v) is 3.01. The third-order valence-corrected chi connectivity index (χ3v) is 4.80. The molecule has 0 radical (unpaired) electrons. The maximum atomic E-state index is 12.4. The second kappa shape index (κ2) is 9.94. The zero-order valence-corrected chi connectivity index (χ0v) is 18.1. The molecule has 160 valence electrons. The highest BCUT2D eigenvalue weighted by Crippen LogP contribution is 2.23. The first-order chi connectivity index (χ1) is 14.8. The van der Waals surface area contributed by atoms with Crippen LogP contribution in [0.3, 0.4) is 0 Å². The van der Waals surface area contributed by atoms with Crippen molar-refractivity contribution in [2.24, 2.45) is 0 Å². The van der Waals surface area contributed by atoms with E-state index in [1.54, 1.807) is 24.3 Å². The van der Waals surface area contributed by atoms with Crippen molar-refractivity contribution in [1.82, 2.24) is 5.32 Å². The van der Waals surface area contributed by atoms with Gasteiger partial charge in [0.25, 0.3) is 11.8 Å². The summed E-state index contributed by atoms with van der Waals surface area (Å²) < 4.78 is 5.58. The van der Waals surface area contributed by atoms with Gasteiger partial charge in [-0.2, -0.15) is 0 Å². The van der Waals surface area contributed by atoms with Gasteiger partial charge in [0, 0.05) is 17.8 Å². The van der Waals surface area contributed by atoms with Gasteiger partial charge in [-0.05, 0) is 46.9 Å². The van der Waals surface area contributed by atoms with Gasteiger partial charge in [-0.25, -0.2) is 0 Å². The average Bonchev–Trinajstić information content (AvgIpc) is 2.77. The molecule has 2 amide bonds. The lowest BCUT2D eigenvalue weighted by Gasteiger charge is -2.19. The molecule has 5 heteroatoms. The van der Waals surface area contributed by atoms with E-state index < -0.39 is 0 Å². The molecule has 3 aromatic carbocycles. The van der Waals surface area contributed by atoms with E-state index in [9.17, 15) is 9.59 Å². The Morgan fingerprint density at radius 3 is 2.26 bits per heavy atom. The second-order valence-corrected chi connectivity index (χ2v) is 8.36. The zero-order valence-electron chi connectivity index (χ0n) is 18.1. The molecule has 0 heterocycles. The van der Waals surface area contributed by atoms with E-state index in [0.717, 1.165) is 11.3 Å². The minimum Gasteiger partial charge on any atom is -0.484 e. The molecule has 0 bridgehead atoms. The smallest absolute Gasteiger partial charge is 0.262 e. The minimum atomic E-state index is -0.262. The van der Waals surface area contributed by atoms with Gasteiger partial charge in [0.15, 0.2) is 6.61 Å². The van der Waals surface area contributed by atoms with Crippen LogP contribution in [0.4, 0.5) is 5.69 Å². The number of anilines is 1. The highest BCUT2D eigenvalue weighted by atomic mass is 16.5. The van der Waals surface area contributed by atoms with Gasteiger partial charge in [0.2, 0.25) is 0 Å². The van der Waals surface area contributed by atoms with Gasteiger partial charge in [-0.3, -0.25) is 9.59 Å². The number of hydrogen-bond acceptors (Lipinski definition) is 3. The van der Waals surface area contributed by atoms with E-state index in [1.165, 1.54) is 5.56 Å². The molecule has 0 aliphatic rings. The van der Waals surface area contributed by atoms with Crippen LogP contribution in [0, 0.1) is 0 Å². The van der Waals surface area contributed by atoms with Crippen molar-refractivity contribution in [3.05, 3.63) is 95.6 Å². The molecule has 3 aromatic rings.